The number of aryl methyl sites for hydroxylation is 1. The van der Waals surface area contributed by atoms with Gasteiger partial charge in [-0.05, 0) is 30.5 Å². The van der Waals surface area contributed by atoms with Crippen LogP contribution in [-0.2, 0) is 6.42 Å². The van der Waals surface area contributed by atoms with Gasteiger partial charge in [-0.3, -0.25) is 4.79 Å². The largest absolute Gasteiger partial charge is 0.395 e. The fraction of sp³-hybridized carbons (Fsp3) is 0.667. The minimum absolute atomic E-state index is 0.0689. The van der Waals surface area contributed by atoms with Gasteiger partial charge in [0, 0.05) is 12.1 Å². The Morgan fingerprint density at radius 1 is 0.964 bits per heavy atom. The highest BCUT2D eigenvalue weighted by atomic mass is 16.4. The monoisotopic (exact) mass is 394 g/mol. The lowest BCUT2D eigenvalue weighted by Crippen LogP contribution is -2.68. The zero-order chi connectivity index (χ0) is 20.5. The van der Waals surface area contributed by atoms with Gasteiger partial charge in [0.1, 0.15) is 6.10 Å². The molecule has 2 rings (SSSR count). The molecule has 5 atom stereocenters. The summed E-state index contributed by atoms with van der Waals surface area (Å²) in [7, 11) is 0. The van der Waals surface area contributed by atoms with Crippen LogP contribution in [0.3, 0.4) is 0 Å². The van der Waals surface area contributed by atoms with Crippen molar-refractivity contribution in [2.75, 3.05) is 13.2 Å². The maximum atomic E-state index is 12.4. The number of hydrogen-bond donors (Lipinski definition) is 6. The first-order chi connectivity index (χ1) is 13.5. The Bertz CT molecular complexity index is 593. The van der Waals surface area contributed by atoms with E-state index in [-0.39, 0.29) is 19.1 Å². The van der Waals surface area contributed by atoms with Gasteiger partial charge in [0.2, 0.25) is 0 Å². The first-order valence-corrected chi connectivity index (χ1v) is 10.3. The molecule has 1 aliphatic heterocycles. The van der Waals surface area contributed by atoms with Gasteiger partial charge in [0.05, 0.1) is 30.9 Å². The molecule has 7 nitrogen and oxygen atoms in total. The van der Waals surface area contributed by atoms with Crippen LogP contribution in [0.25, 0.3) is 0 Å². The van der Waals surface area contributed by atoms with Crippen LogP contribution in [0.1, 0.15) is 54.9 Å². The highest BCUT2D eigenvalue weighted by Crippen LogP contribution is 2.15. The van der Waals surface area contributed by atoms with Gasteiger partial charge in [0.15, 0.2) is 0 Å². The molecule has 0 aliphatic carbocycles. The van der Waals surface area contributed by atoms with Gasteiger partial charge in [-0.25, -0.2) is 0 Å². The maximum absolute atomic E-state index is 12.4. The molecule has 1 amide bonds. The molecule has 0 aromatic heterocycles. The van der Waals surface area contributed by atoms with E-state index >= 15 is 0 Å². The van der Waals surface area contributed by atoms with Crippen molar-refractivity contribution in [3.05, 3.63) is 35.4 Å². The molecule has 158 valence electrons. The first-order valence-electron chi connectivity index (χ1n) is 10.3. The van der Waals surface area contributed by atoms with Crippen LogP contribution < -0.4 is 10.6 Å². The smallest absolute Gasteiger partial charge is 0.251 e. The molecular formula is C21H34N2O5. The van der Waals surface area contributed by atoms with Gasteiger partial charge in [0.25, 0.3) is 5.91 Å². The van der Waals surface area contributed by atoms with E-state index in [1.165, 1.54) is 31.2 Å². The summed E-state index contributed by atoms with van der Waals surface area (Å²) in [5.41, 5.74) is 1.74. The molecule has 0 unspecified atom stereocenters. The summed E-state index contributed by atoms with van der Waals surface area (Å²) in [5, 5.41) is 44.6. The number of nitrogens with one attached hydrogen (secondary N) is 2. The average Bonchev–Trinajstić information content (AvgIpc) is 2.71. The summed E-state index contributed by atoms with van der Waals surface area (Å²) in [6, 6.07) is 6.08. The average molecular weight is 395 g/mol. The zero-order valence-electron chi connectivity index (χ0n) is 16.6. The summed E-state index contributed by atoms with van der Waals surface area (Å²) in [4.78, 5) is 12.4. The highest BCUT2D eigenvalue weighted by molar-refractivity contribution is 5.94. The van der Waals surface area contributed by atoms with E-state index < -0.39 is 30.4 Å². The zero-order valence-corrected chi connectivity index (χ0v) is 16.6. The molecule has 0 saturated carbocycles. The molecule has 1 aliphatic rings. The van der Waals surface area contributed by atoms with Gasteiger partial charge >= 0.3 is 0 Å². The van der Waals surface area contributed by atoms with Crippen molar-refractivity contribution >= 4 is 5.91 Å². The molecule has 1 aromatic rings. The Kier molecular flexibility index (Phi) is 9.34. The number of aliphatic hydroxyl groups excluding tert-OH is 4. The van der Waals surface area contributed by atoms with E-state index in [2.05, 4.69) is 17.6 Å². The molecule has 1 fully saturated rings. The molecule has 0 radical (unpaired) electrons. The highest BCUT2D eigenvalue weighted by Gasteiger charge is 2.41. The third-order valence-corrected chi connectivity index (χ3v) is 5.42. The maximum Gasteiger partial charge on any atom is 0.251 e. The lowest BCUT2D eigenvalue weighted by atomic mass is 9.90. The van der Waals surface area contributed by atoms with E-state index in [1.54, 1.807) is 12.1 Å². The molecule has 1 aromatic carbocycles. The summed E-state index contributed by atoms with van der Waals surface area (Å²) < 4.78 is 0. The van der Waals surface area contributed by atoms with Crippen molar-refractivity contribution in [2.45, 2.75) is 75.8 Å². The molecule has 0 bridgehead atoms. The third-order valence-electron chi connectivity index (χ3n) is 5.42. The Labute approximate surface area is 166 Å². The fourth-order valence-electron chi connectivity index (χ4n) is 3.55. The van der Waals surface area contributed by atoms with Crippen LogP contribution in [0.15, 0.2) is 24.3 Å². The van der Waals surface area contributed by atoms with E-state index in [1.807, 2.05) is 12.1 Å². The Hall–Kier alpha value is -1.51. The second kappa shape index (κ2) is 11.5. The number of carbonyl (C=O) groups excluding carboxylic acids is 1. The molecule has 6 N–H and O–H groups in total. The predicted molar refractivity (Wildman–Crippen MR) is 107 cm³/mol. The molecule has 28 heavy (non-hydrogen) atoms. The van der Waals surface area contributed by atoms with E-state index in [0.717, 1.165) is 12.8 Å². The Morgan fingerprint density at radius 2 is 1.61 bits per heavy atom. The summed E-state index contributed by atoms with van der Waals surface area (Å²) in [6.07, 6.45) is 3.27. The number of amides is 1. The van der Waals surface area contributed by atoms with Crippen LogP contribution in [-0.4, -0.2) is 69.9 Å². The number of piperidine rings is 1. The summed E-state index contributed by atoms with van der Waals surface area (Å²) in [5.74, 6) is -0.273. The van der Waals surface area contributed by atoms with Crippen LogP contribution in [0.2, 0.25) is 0 Å². The normalized spacial score (nSPS) is 27.5. The fourth-order valence-corrected chi connectivity index (χ4v) is 3.55. The van der Waals surface area contributed by atoms with Crippen LogP contribution in [0.5, 0.6) is 0 Å². The molecule has 1 heterocycles. The number of unbranched alkanes of at least 4 members (excludes halogenated alkanes) is 4. The minimum atomic E-state index is -1.38. The van der Waals surface area contributed by atoms with Crippen molar-refractivity contribution in [1.29, 1.82) is 0 Å². The van der Waals surface area contributed by atoms with Crippen molar-refractivity contribution in [3.8, 4) is 0 Å². The van der Waals surface area contributed by atoms with Gasteiger partial charge in [-0.15, -0.1) is 0 Å². The van der Waals surface area contributed by atoms with Crippen molar-refractivity contribution in [1.82, 2.24) is 10.6 Å². The second-order valence-corrected chi connectivity index (χ2v) is 7.61. The van der Waals surface area contributed by atoms with Gasteiger partial charge in [-0.1, -0.05) is 44.7 Å². The predicted octanol–water partition coefficient (Wildman–Crippen LogP) is 0.345. The third kappa shape index (κ3) is 6.25. The van der Waals surface area contributed by atoms with E-state index in [9.17, 15) is 25.2 Å². The lowest BCUT2D eigenvalue weighted by molar-refractivity contribution is -0.118. The van der Waals surface area contributed by atoms with Crippen LogP contribution in [0.4, 0.5) is 0 Å². The number of hydrogen-bond acceptors (Lipinski definition) is 6. The van der Waals surface area contributed by atoms with Gasteiger partial charge < -0.3 is 31.1 Å². The standard InChI is InChI=1S/C21H34N2O5/c1-2-3-4-5-6-7-14-8-10-15(11-9-14)21(28)22-12-16-18(25)20(27)19(26)17(13-24)23-16/h8-11,16-20,23-27H,2-7,12-13H2,1H3,(H,22,28)/t16-,17-,18+,19-,20-/m1/s1. The van der Waals surface area contributed by atoms with E-state index in [4.69, 9.17) is 0 Å². The van der Waals surface area contributed by atoms with Crippen molar-refractivity contribution in [3.63, 3.8) is 0 Å². The summed E-state index contributed by atoms with van der Waals surface area (Å²) in [6.45, 7) is 1.89. The first kappa shape index (κ1) is 22.8. The quantitative estimate of drug-likeness (QED) is 0.318. The summed E-state index contributed by atoms with van der Waals surface area (Å²) >= 11 is 0. The number of carbonyl (C=O) groups is 1. The minimum Gasteiger partial charge on any atom is -0.395 e. The molecular weight excluding hydrogens is 360 g/mol. The molecule has 7 heteroatoms. The topological polar surface area (TPSA) is 122 Å². The van der Waals surface area contributed by atoms with Gasteiger partial charge in [-0.2, -0.15) is 0 Å². The second-order valence-electron chi connectivity index (χ2n) is 7.61. The number of benzene rings is 1. The van der Waals surface area contributed by atoms with Crippen molar-refractivity contribution < 1.29 is 25.2 Å². The Morgan fingerprint density at radius 3 is 2.25 bits per heavy atom. The molecule has 1 saturated heterocycles. The number of aliphatic hydroxyl groups is 4. The SMILES string of the molecule is CCCCCCCc1ccc(C(=O)NC[C@H]2N[C@H](CO)[C@@H](O)[C@H](O)[C@H]2O)cc1. The van der Waals surface area contributed by atoms with Crippen LogP contribution >= 0.6 is 0 Å². The number of rotatable bonds is 10. The lowest BCUT2D eigenvalue weighted by Gasteiger charge is -2.41. The molecule has 0 spiro atoms. The van der Waals surface area contributed by atoms with Crippen LogP contribution in [0, 0.1) is 0 Å². The Balaban J connectivity index is 1.81. The van der Waals surface area contributed by atoms with E-state index in [0.29, 0.717) is 5.56 Å². The van der Waals surface area contributed by atoms with Crippen molar-refractivity contribution in [2.24, 2.45) is 0 Å².